The van der Waals surface area contributed by atoms with Crippen LogP contribution in [0.2, 0.25) is 0 Å². The fourth-order valence-corrected chi connectivity index (χ4v) is 1.95. The molecule has 5 nitrogen and oxygen atoms in total. The van der Waals surface area contributed by atoms with Crippen LogP contribution in [0.3, 0.4) is 0 Å². The van der Waals surface area contributed by atoms with E-state index in [1.807, 2.05) is 0 Å². The first-order valence-corrected chi connectivity index (χ1v) is 5.10. The maximum absolute atomic E-state index is 13.6. The van der Waals surface area contributed by atoms with Gasteiger partial charge in [-0.1, -0.05) is 12.1 Å². The lowest BCUT2D eigenvalue weighted by Gasteiger charge is -2.26. The van der Waals surface area contributed by atoms with Crippen LogP contribution in [0.5, 0.6) is 0 Å². The molecule has 0 fully saturated rings. The minimum absolute atomic E-state index is 0.224. The molecule has 1 aromatic heterocycles. The summed E-state index contributed by atoms with van der Waals surface area (Å²) in [5, 5.41) is 11.7. The maximum atomic E-state index is 13.6. The Bertz CT molecular complexity index is 567. The zero-order valence-electron chi connectivity index (χ0n) is 8.70. The van der Waals surface area contributed by atoms with Gasteiger partial charge in [-0.25, -0.2) is 9.18 Å². The summed E-state index contributed by atoms with van der Waals surface area (Å²) < 4.78 is 13.6. The van der Waals surface area contributed by atoms with Crippen LogP contribution in [0.1, 0.15) is 17.2 Å². The van der Waals surface area contributed by atoms with Crippen molar-refractivity contribution in [3.63, 3.8) is 0 Å². The molecule has 0 spiro atoms. The Kier molecular flexibility index (Phi) is 2.07. The Hall–Kier alpha value is -2.37. The van der Waals surface area contributed by atoms with Crippen LogP contribution in [0, 0.1) is 5.82 Å². The molecule has 1 atom stereocenters. The van der Waals surface area contributed by atoms with Crippen molar-refractivity contribution in [3.8, 4) is 0 Å². The molecule has 0 saturated carbocycles. The standard InChI is InChI=1S/C11H9FN4O/c12-8-3-1-2-7-9(6-4-13-14-5-6)15-11(17)16-10(7)8/h1-5,9H,(H,13,14)(H2,15,16,17). The first-order chi connectivity index (χ1) is 8.25. The summed E-state index contributed by atoms with van der Waals surface area (Å²) in [6.07, 6.45) is 3.27. The number of fused-ring (bicyclic) bond motifs is 1. The second-order valence-corrected chi connectivity index (χ2v) is 3.77. The van der Waals surface area contributed by atoms with Gasteiger partial charge < -0.3 is 10.6 Å². The second-order valence-electron chi connectivity index (χ2n) is 3.77. The number of nitrogens with one attached hydrogen (secondary N) is 3. The number of anilines is 1. The number of carbonyl (C=O) groups excluding carboxylic acids is 1. The maximum Gasteiger partial charge on any atom is 0.320 e. The highest BCUT2D eigenvalue weighted by atomic mass is 19.1. The SMILES string of the molecule is O=C1Nc2c(F)cccc2C(c2cn[nH]c2)N1. The van der Waals surface area contributed by atoms with Crippen LogP contribution in [0.25, 0.3) is 0 Å². The molecule has 0 aliphatic carbocycles. The molecular weight excluding hydrogens is 223 g/mol. The molecule has 0 bridgehead atoms. The Morgan fingerprint density at radius 2 is 2.24 bits per heavy atom. The van der Waals surface area contributed by atoms with E-state index in [-0.39, 0.29) is 11.7 Å². The van der Waals surface area contributed by atoms with Gasteiger partial charge in [0, 0.05) is 17.3 Å². The molecule has 0 radical (unpaired) electrons. The summed E-state index contributed by atoms with van der Waals surface area (Å²) in [6, 6.07) is 3.89. The Morgan fingerprint density at radius 1 is 1.35 bits per heavy atom. The summed E-state index contributed by atoms with van der Waals surface area (Å²) in [5.41, 5.74) is 1.69. The highest BCUT2D eigenvalue weighted by molar-refractivity contribution is 5.93. The molecule has 1 aromatic carbocycles. The van der Waals surface area contributed by atoms with E-state index >= 15 is 0 Å². The minimum atomic E-state index is -0.439. The molecule has 2 heterocycles. The predicted octanol–water partition coefficient (Wildman–Crippen LogP) is 1.77. The third kappa shape index (κ3) is 1.54. The van der Waals surface area contributed by atoms with E-state index < -0.39 is 11.8 Å². The van der Waals surface area contributed by atoms with Gasteiger partial charge in [-0.05, 0) is 6.07 Å². The highest BCUT2D eigenvalue weighted by Crippen LogP contribution is 2.32. The Balaban J connectivity index is 2.15. The van der Waals surface area contributed by atoms with Gasteiger partial charge in [0.15, 0.2) is 0 Å². The van der Waals surface area contributed by atoms with E-state index in [0.29, 0.717) is 5.56 Å². The number of rotatable bonds is 1. The average molecular weight is 232 g/mol. The van der Waals surface area contributed by atoms with Crippen LogP contribution >= 0.6 is 0 Å². The smallest absolute Gasteiger partial charge is 0.320 e. The van der Waals surface area contributed by atoms with Crippen LogP contribution in [0.15, 0.2) is 30.6 Å². The minimum Gasteiger partial charge on any atom is -0.327 e. The first-order valence-electron chi connectivity index (χ1n) is 5.10. The molecule has 2 aromatic rings. The van der Waals surface area contributed by atoms with Gasteiger partial charge in [-0.15, -0.1) is 0 Å². The Morgan fingerprint density at radius 3 is 3.00 bits per heavy atom. The molecule has 86 valence electrons. The monoisotopic (exact) mass is 232 g/mol. The fraction of sp³-hybridized carbons (Fsp3) is 0.0909. The topological polar surface area (TPSA) is 69.8 Å². The molecule has 2 amide bonds. The largest absolute Gasteiger partial charge is 0.327 e. The van der Waals surface area contributed by atoms with Crippen molar-refractivity contribution in [1.29, 1.82) is 0 Å². The lowest BCUT2D eigenvalue weighted by atomic mass is 9.98. The molecule has 1 aliphatic heterocycles. The Labute approximate surface area is 96.0 Å². The lowest BCUT2D eigenvalue weighted by Crippen LogP contribution is -2.38. The molecule has 17 heavy (non-hydrogen) atoms. The van der Waals surface area contributed by atoms with Crippen molar-refractivity contribution in [1.82, 2.24) is 15.5 Å². The zero-order valence-corrected chi connectivity index (χ0v) is 8.70. The third-order valence-electron chi connectivity index (χ3n) is 2.72. The fourth-order valence-electron chi connectivity index (χ4n) is 1.95. The van der Waals surface area contributed by atoms with E-state index in [0.717, 1.165) is 5.56 Å². The van der Waals surface area contributed by atoms with E-state index in [1.54, 1.807) is 24.5 Å². The number of halogens is 1. The van der Waals surface area contributed by atoms with Crippen LogP contribution < -0.4 is 10.6 Å². The van der Waals surface area contributed by atoms with E-state index in [1.165, 1.54) is 6.07 Å². The van der Waals surface area contributed by atoms with E-state index in [4.69, 9.17) is 0 Å². The number of para-hydroxylation sites is 1. The summed E-state index contributed by atoms with van der Waals surface area (Å²) in [7, 11) is 0. The van der Waals surface area contributed by atoms with Crippen LogP contribution in [-0.4, -0.2) is 16.2 Å². The predicted molar refractivity (Wildman–Crippen MR) is 59.0 cm³/mol. The van der Waals surface area contributed by atoms with Crippen molar-refractivity contribution < 1.29 is 9.18 Å². The molecule has 6 heteroatoms. The first kappa shape index (κ1) is 9.83. The third-order valence-corrected chi connectivity index (χ3v) is 2.72. The number of aromatic amines is 1. The van der Waals surface area contributed by atoms with Gasteiger partial charge in [0.05, 0.1) is 17.9 Å². The number of H-pyrrole nitrogens is 1. The lowest BCUT2D eigenvalue weighted by molar-refractivity contribution is 0.248. The van der Waals surface area contributed by atoms with Crippen molar-refractivity contribution in [2.75, 3.05) is 5.32 Å². The van der Waals surface area contributed by atoms with Gasteiger partial charge in [0.1, 0.15) is 5.82 Å². The second kappa shape index (κ2) is 3.58. The van der Waals surface area contributed by atoms with Crippen molar-refractivity contribution in [3.05, 3.63) is 47.5 Å². The quantitative estimate of drug-likeness (QED) is 0.701. The highest BCUT2D eigenvalue weighted by Gasteiger charge is 2.27. The average Bonchev–Trinajstić information content (AvgIpc) is 2.83. The number of carbonyl (C=O) groups is 1. The van der Waals surface area contributed by atoms with E-state index in [9.17, 15) is 9.18 Å². The number of benzene rings is 1. The number of hydrogen-bond donors (Lipinski definition) is 3. The van der Waals surface area contributed by atoms with Crippen LogP contribution in [-0.2, 0) is 0 Å². The molecule has 1 aliphatic rings. The number of aromatic nitrogens is 2. The summed E-state index contributed by atoms with van der Waals surface area (Å²) in [6.45, 7) is 0. The van der Waals surface area contributed by atoms with Gasteiger partial charge in [0.25, 0.3) is 0 Å². The van der Waals surface area contributed by atoms with Gasteiger partial charge in [0.2, 0.25) is 0 Å². The molecule has 0 saturated heterocycles. The number of urea groups is 1. The van der Waals surface area contributed by atoms with Crippen molar-refractivity contribution >= 4 is 11.7 Å². The number of nitrogens with zero attached hydrogens (tertiary/aromatic N) is 1. The molecule has 3 N–H and O–H groups in total. The number of hydrogen-bond acceptors (Lipinski definition) is 2. The van der Waals surface area contributed by atoms with Gasteiger partial charge >= 0.3 is 6.03 Å². The van der Waals surface area contributed by atoms with Crippen molar-refractivity contribution in [2.45, 2.75) is 6.04 Å². The van der Waals surface area contributed by atoms with Crippen LogP contribution in [0.4, 0.5) is 14.9 Å². The zero-order chi connectivity index (χ0) is 11.8. The number of amides is 2. The summed E-state index contributed by atoms with van der Waals surface area (Å²) in [4.78, 5) is 11.5. The van der Waals surface area contributed by atoms with Gasteiger partial charge in [-0.2, -0.15) is 5.10 Å². The molecular formula is C11H9FN4O. The normalized spacial score (nSPS) is 18.2. The summed E-state index contributed by atoms with van der Waals surface area (Å²) in [5.74, 6) is -0.439. The molecule has 3 rings (SSSR count). The summed E-state index contributed by atoms with van der Waals surface area (Å²) >= 11 is 0. The van der Waals surface area contributed by atoms with Gasteiger partial charge in [-0.3, -0.25) is 5.10 Å². The van der Waals surface area contributed by atoms with E-state index in [2.05, 4.69) is 20.8 Å². The van der Waals surface area contributed by atoms with Crippen molar-refractivity contribution in [2.24, 2.45) is 0 Å². The molecule has 1 unspecified atom stereocenters.